The molecule has 0 atom stereocenters. The molecule has 0 bridgehead atoms. The van der Waals surface area contributed by atoms with Crippen molar-refractivity contribution in [1.29, 1.82) is 0 Å². The highest BCUT2D eigenvalue weighted by molar-refractivity contribution is 7.97. The summed E-state index contributed by atoms with van der Waals surface area (Å²) in [6.07, 6.45) is 2.08. The molecule has 0 N–H and O–H groups in total. The molecule has 0 unspecified atom stereocenters. The maximum absolute atomic E-state index is 4.48. The van der Waals surface area contributed by atoms with E-state index < -0.39 is 0 Å². The van der Waals surface area contributed by atoms with E-state index in [1.54, 1.807) is 11.8 Å². The summed E-state index contributed by atoms with van der Waals surface area (Å²) in [4.78, 5) is 8.89. The fourth-order valence-electron chi connectivity index (χ4n) is 1.03. The number of hydrogen-bond donors (Lipinski definition) is 0. The van der Waals surface area contributed by atoms with Crippen molar-refractivity contribution < 1.29 is 0 Å². The molecule has 12 heavy (non-hydrogen) atoms. The molecule has 0 aliphatic heterocycles. The van der Waals surface area contributed by atoms with Crippen LogP contribution in [0.5, 0.6) is 0 Å². The Morgan fingerprint density at radius 1 is 1.00 bits per heavy atom. The molecule has 0 aliphatic carbocycles. The summed E-state index contributed by atoms with van der Waals surface area (Å²) in [6.45, 7) is 6.02. The van der Waals surface area contributed by atoms with Crippen LogP contribution in [0.4, 0.5) is 0 Å². The van der Waals surface area contributed by atoms with Gasteiger partial charge in [0.2, 0.25) is 0 Å². The third-order valence-corrected chi connectivity index (χ3v) is 2.42. The molecule has 3 heteroatoms. The van der Waals surface area contributed by atoms with Crippen molar-refractivity contribution in [3.63, 3.8) is 0 Å². The molecular formula is C9H14N2S. The lowest BCUT2D eigenvalue weighted by atomic mass is 10.3. The van der Waals surface area contributed by atoms with E-state index in [1.807, 2.05) is 20.8 Å². The quantitative estimate of drug-likeness (QED) is 0.701. The fourth-order valence-corrected chi connectivity index (χ4v) is 1.58. The van der Waals surface area contributed by atoms with Gasteiger partial charge in [0.15, 0.2) is 0 Å². The van der Waals surface area contributed by atoms with Crippen LogP contribution in [0.3, 0.4) is 0 Å². The Hall–Kier alpha value is -0.570. The van der Waals surface area contributed by atoms with Crippen molar-refractivity contribution in [3.8, 4) is 0 Å². The standard InChI is InChI=1S/C9H14N2S/c1-6-7(2)11-9(5-12-4)8(3)10-6/h5H2,1-4H3. The van der Waals surface area contributed by atoms with Gasteiger partial charge in [-0.3, -0.25) is 9.97 Å². The van der Waals surface area contributed by atoms with Gasteiger partial charge in [0.1, 0.15) is 0 Å². The van der Waals surface area contributed by atoms with Crippen LogP contribution in [0.2, 0.25) is 0 Å². The Labute approximate surface area is 77.8 Å². The topological polar surface area (TPSA) is 25.8 Å². The number of nitrogens with zero attached hydrogens (tertiary/aromatic N) is 2. The third-order valence-electron chi connectivity index (χ3n) is 1.86. The molecule has 0 aliphatic rings. The van der Waals surface area contributed by atoms with Gasteiger partial charge in [-0.05, 0) is 27.0 Å². The largest absolute Gasteiger partial charge is 0.255 e. The lowest BCUT2D eigenvalue weighted by molar-refractivity contribution is 0.951. The van der Waals surface area contributed by atoms with E-state index in [1.165, 1.54) is 0 Å². The van der Waals surface area contributed by atoms with E-state index in [0.29, 0.717) is 0 Å². The van der Waals surface area contributed by atoms with Crippen LogP contribution in [0.1, 0.15) is 22.8 Å². The van der Waals surface area contributed by atoms with Crippen molar-refractivity contribution in [2.45, 2.75) is 26.5 Å². The zero-order valence-corrected chi connectivity index (χ0v) is 8.83. The molecule has 0 amide bonds. The first-order valence-electron chi connectivity index (χ1n) is 3.94. The molecule has 0 aromatic carbocycles. The zero-order valence-electron chi connectivity index (χ0n) is 8.01. The Morgan fingerprint density at radius 3 is 2.17 bits per heavy atom. The van der Waals surface area contributed by atoms with Gasteiger partial charge in [-0.2, -0.15) is 11.8 Å². The van der Waals surface area contributed by atoms with E-state index in [2.05, 4.69) is 16.2 Å². The summed E-state index contributed by atoms with van der Waals surface area (Å²) >= 11 is 1.78. The van der Waals surface area contributed by atoms with E-state index in [-0.39, 0.29) is 0 Å². The van der Waals surface area contributed by atoms with Crippen LogP contribution < -0.4 is 0 Å². The average Bonchev–Trinajstić information content (AvgIpc) is 2.01. The fraction of sp³-hybridized carbons (Fsp3) is 0.556. The summed E-state index contributed by atoms with van der Waals surface area (Å²) in [5, 5.41) is 0. The molecule has 0 saturated heterocycles. The highest BCUT2D eigenvalue weighted by atomic mass is 32.2. The van der Waals surface area contributed by atoms with Crippen molar-refractivity contribution in [2.75, 3.05) is 6.26 Å². The van der Waals surface area contributed by atoms with Gasteiger partial charge in [-0.25, -0.2) is 0 Å². The molecule has 0 saturated carbocycles. The van der Waals surface area contributed by atoms with Gasteiger partial charge in [-0.15, -0.1) is 0 Å². The number of aryl methyl sites for hydroxylation is 3. The smallest absolute Gasteiger partial charge is 0.0718 e. The third kappa shape index (κ3) is 1.97. The first kappa shape index (κ1) is 9.52. The van der Waals surface area contributed by atoms with Gasteiger partial charge in [0.25, 0.3) is 0 Å². The minimum absolute atomic E-state index is 0.958. The second-order valence-corrected chi connectivity index (χ2v) is 3.73. The number of hydrogen-bond acceptors (Lipinski definition) is 3. The minimum Gasteiger partial charge on any atom is -0.255 e. The van der Waals surface area contributed by atoms with Crippen molar-refractivity contribution >= 4 is 11.8 Å². The van der Waals surface area contributed by atoms with Gasteiger partial charge < -0.3 is 0 Å². The second kappa shape index (κ2) is 3.90. The number of rotatable bonds is 2. The molecule has 2 nitrogen and oxygen atoms in total. The Kier molecular flexibility index (Phi) is 3.09. The molecule has 1 aromatic rings. The van der Waals surface area contributed by atoms with Gasteiger partial charge in [0, 0.05) is 5.75 Å². The molecule has 0 spiro atoms. The van der Waals surface area contributed by atoms with E-state index in [9.17, 15) is 0 Å². The second-order valence-electron chi connectivity index (χ2n) is 2.86. The molecule has 66 valence electrons. The molecular weight excluding hydrogens is 168 g/mol. The summed E-state index contributed by atoms with van der Waals surface area (Å²) in [7, 11) is 0. The summed E-state index contributed by atoms with van der Waals surface area (Å²) < 4.78 is 0. The van der Waals surface area contributed by atoms with Crippen LogP contribution in [-0.4, -0.2) is 16.2 Å². The summed E-state index contributed by atoms with van der Waals surface area (Å²) in [6, 6.07) is 0. The Morgan fingerprint density at radius 2 is 1.58 bits per heavy atom. The predicted molar refractivity (Wildman–Crippen MR) is 53.5 cm³/mol. The molecule has 1 aromatic heterocycles. The minimum atomic E-state index is 0.958. The normalized spacial score (nSPS) is 10.3. The lowest BCUT2D eigenvalue weighted by Gasteiger charge is -2.05. The maximum atomic E-state index is 4.48. The Bertz CT molecular complexity index is 284. The SMILES string of the molecule is CSCc1nc(C)c(C)nc1C. The predicted octanol–water partition coefficient (Wildman–Crippen LogP) is 2.26. The van der Waals surface area contributed by atoms with Crippen LogP contribution >= 0.6 is 11.8 Å². The van der Waals surface area contributed by atoms with Gasteiger partial charge in [-0.1, -0.05) is 0 Å². The van der Waals surface area contributed by atoms with Crippen LogP contribution in [0.25, 0.3) is 0 Å². The molecule has 1 rings (SSSR count). The van der Waals surface area contributed by atoms with Crippen LogP contribution in [-0.2, 0) is 5.75 Å². The van der Waals surface area contributed by atoms with E-state index >= 15 is 0 Å². The average molecular weight is 182 g/mol. The summed E-state index contributed by atoms with van der Waals surface area (Å²) in [5.41, 5.74) is 4.26. The highest BCUT2D eigenvalue weighted by Crippen LogP contribution is 2.11. The van der Waals surface area contributed by atoms with Crippen molar-refractivity contribution in [2.24, 2.45) is 0 Å². The zero-order chi connectivity index (χ0) is 9.14. The molecule has 0 fully saturated rings. The molecule has 1 heterocycles. The van der Waals surface area contributed by atoms with E-state index in [4.69, 9.17) is 0 Å². The number of thioether (sulfide) groups is 1. The summed E-state index contributed by atoms with van der Waals surface area (Å²) in [5.74, 6) is 0.958. The lowest BCUT2D eigenvalue weighted by Crippen LogP contribution is -2.01. The number of aromatic nitrogens is 2. The van der Waals surface area contributed by atoms with Crippen molar-refractivity contribution in [1.82, 2.24) is 9.97 Å². The van der Waals surface area contributed by atoms with Crippen molar-refractivity contribution in [3.05, 3.63) is 22.8 Å². The monoisotopic (exact) mass is 182 g/mol. The van der Waals surface area contributed by atoms with Crippen LogP contribution in [0.15, 0.2) is 0 Å². The first-order valence-corrected chi connectivity index (χ1v) is 5.34. The highest BCUT2D eigenvalue weighted by Gasteiger charge is 2.03. The maximum Gasteiger partial charge on any atom is 0.0718 e. The van der Waals surface area contributed by atoms with E-state index in [0.717, 1.165) is 28.5 Å². The van der Waals surface area contributed by atoms with Gasteiger partial charge in [0.05, 0.1) is 22.8 Å². The first-order chi connectivity index (χ1) is 5.65. The molecule has 0 radical (unpaired) electrons. The Balaban J connectivity index is 3.05. The van der Waals surface area contributed by atoms with Gasteiger partial charge >= 0.3 is 0 Å². The van der Waals surface area contributed by atoms with Crippen LogP contribution in [0, 0.1) is 20.8 Å².